The summed E-state index contributed by atoms with van der Waals surface area (Å²) in [7, 11) is 0. The number of hydrogen-bond donors (Lipinski definition) is 1. The highest BCUT2D eigenvalue weighted by molar-refractivity contribution is 7.96. The largest absolute Gasteiger partial charge is 0.257 e. The summed E-state index contributed by atoms with van der Waals surface area (Å²) in [5.41, 5.74) is 2.70. The molecule has 0 fully saturated rings. The number of rotatable bonds is 5. The predicted molar refractivity (Wildman–Crippen MR) is 76.0 cm³/mol. The molecule has 2 aromatic carbocycles. The monoisotopic (exact) mass is 243 g/mol. The van der Waals surface area contributed by atoms with E-state index in [1.165, 1.54) is 11.1 Å². The van der Waals surface area contributed by atoms with Gasteiger partial charge in [0.2, 0.25) is 0 Å². The van der Waals surface area contributed by atoms with Gasteiger partial charge in [-0.2, -0.15) is 0 Å². The van der Waals surface area contributed by atoms with Crippen LogP contribution in [0.1, 0.15) is 17.2 Å². The van der Waals surface area contributed by atoms with Gasteiger partial charge in [0, 0.05) is 6.04 Å². The molecule has 2 aromatic rings. The summed E-state index contributed by atoms with van der Waals surface area (Å²) in [5, 5.41) is 0. The van der Waals surface area contributed by atoms with E-state index in [0.29, 0.717) is 6.04 Å². The van der Waals surface area contributed by atoms with E-state index in [4.69, 9.17) is 0 Å². The molecule has 1 unspecified atom stereocenters. The molecule has 0 radical (unpaired) electrons. The van der Waals surface area contributed by atoms with E-state index in [1.807, 2.05) is 0 Å². The molecule has 0 bridgehead atoms. The Morgan fingerprint density at radius 1 is 0.941 bits per heavy atom. The second-order valence-corrected chi connectivity index (χ2v) is 4.62. The van der Waals surface area contributed by atoms with E-state index in [0.717, 1.165) is 6.42 Å². The van der Waals surface area contributed by atoms with Crippen LogP contribution in [0.25, 0.3) is 0 Å². The fraction of sp³-hybridized carbons (Fsp3) is 0.200. The smallest absolute Gasteiger partial charge is 0.0461 e. The summed E-state index contributed by atoms with van der Waals surface area (Å²) < 4.78 is 3.46. The molecule has 0 spiro atoms. The maximum Gasteiger partial charge on any atom is 0.0461 e. The van der Waals surface area contributed by atoms with Gasteiger partial charge < -0.3 is 0 Å². The van der Waals surface area contributed by atoms with E-state index in [2.05, 4.69) is 71.6 Å². The maximum atomic E-state index is 3.46. The van der Waals surface area contributed by atoms with E-state index < -0.39 is 0 Å². The molecular weight excluding hydrogens is 226 g/mol. The third kappa shape index (κ3) is 3.62. The van der Waals surface area contributed by atoms with Crippen LogP contribution in [0, 0.1) is 0 Å². The van der Waals surface area contributed by atoms with Crippen LogP contribution < -0.4 is 4.72 Å². The highest BCUT2D eigenvalue weighted by Crippen LogP contribution is 2.19. The zero-order valence-electron chi connectivity index (χ0n) is 9.97. The molecule has 0 saturated heterocycles. The average molecular weight is 243 g/mol. The van der Waals surface area contributed by atoms with Gasteiger partial charge >= 0.3 is 0 Å². The summed E-state index contributed by atoms with van der Waals surface area (Å²) in [5.74, 6) is 0. The Balaban J connectivity index is 2.13. The molecule has 1 N–H and O–H groups in total. The van der Waals surface area contributed by atoms with Crippen LogP contribution in [0.2, 0.25) is 0 Å². The van der Waals surface area contributed by atoms with Gasteiger partial charge in [-0.05, 0) is 23.8 Å². The maximum absolute atomic E-state index is 3.46. The summed E-state index contributed by atoms with van der Waals surface area (Å²) in [6.45, 7) is 0. The van der Waals surface area contributed by atoms with Crippen LogP contribution in [0.4, 0.5) is 0 Å². The summed E-state index contributed by atoms with van der Waals surface area (Å²) >= 11 is 1.67. The van der Waals surface area contributed by atoms with Crippen molar-refractivity contribution < 1.29 is 0 Å². The zero-order chi connectivity index (χ0) is 11.9. The Bertz CT molecular complexity index is 427. The van der Waals surface area contributed by atoms with Crippen molar-refractivity contribution in [3.63, 3.8) is 0 Å². The zero-order valence-corrected chi connectivity index (χ0v) is 10.8. The highest BCUT2D eigenvalue weighted by Gasteiger charge is 2.10. The average Bonchev–Trinajstić information content (AvgIpc) is 2.40. The molecule has 17 heavy (non-hydrogen) atoms. The van der Waals surface area contributed by atoms with Gasteiger partial charge in [0.25, 0.3) is 0 Å². The number of hydrogen-bond acceptors (Lipinski definition) is 2. The molecule has 2 heteroatoms. The van der Waals surface area contributed by atoms with Crippen LogP contribution in [-0.4, -0.2) is 6.26 Å². The van der Waals surface area contributed by atoms with Gasteiger partial charge in [0.1, 0.15) is 0 Å². The van der Waals surface area contributed by atoms with Gasteiger partial charge in [0.15, 0.2) is 0 Å². The van der Waals surface area contributed by atoms with E-state index >= 15 is 0 Å². The first-order valence-electron chi connectivity index (χ1n) is 5.77. The molecule has 1 atom stereocenters. The standard InChI is InChI=1S/C15H17NS/c1-17-16-15(14-10-6-3-7-11-14)12-13-8-4-2-5-9-13/h2-11,15-16H,12H2,1H3. The van der Waals surface area contributed by atoms with E-state index in [-0.39, 0.29) is 0 Å². The van der Waals surface area contributed by atoms with Gasteiger partial charge in [-0.15, -0.1) is 0 Å². The lowest BCUT2D eigenvalue weighted by Gasteiger charge is -2.17. The van der Waals surface area contributed by atoms with Gasteiger partial charge in [-0.1, -0.05) is 72.6 Å². The van der Waals surface area contributed by atoms with Crippen LogP contribution in [0.5, 0.6) is 0 Å². The van der Waals surface area contributed by atoms with Crippen molar-refractivity contribution in [2.45, 2.75) is 12.5 Å². The number of nitrogens with one attached hydrogen (secondary N) is 1. The SMILES string of the molecule is CSNC(Cc1ccccc1)c1ccccc1. The van der Waals surface area contributed by atoms with Crippen molar-refractivity contribution >= 4 is 11.9 Å². The molecule has 2 rings (SSSR count). The molecule has 0 heterocycles. The van der Waals surface area contributed by atoms with Crippen LogP contribution in [0.15, 0.2) is 60.7 Å². The minimum Gasteiger partial charge on any atom is -0.257 e. The van der Waals surface area contributed by atoms with Crippen LogP contribution >= 0.6 is 11.9 Å². The van der Waals surface area contributed by atoms with Crippen molar-refractivity contribution in [1.29, 1.82) is 0 Å². The molecule has 0 aliphatic heterocycles. The molecule has 0 aromatic heterocycles. The molecule has 0 aliphatic carbocycles. The van der Waals surface area contributed by atoms with Gasteiger partial charge in [-0.25, -0.2) is 0 Å². The summed E-state index contributed by atoms with van der Waals surface area (Å²) in [6, 6.07) is 21.6. The summed E-state index contributed by atoms with van der Waals surface area (Å²) in [6.07, 6.45) is 3.09. The van der Waals surface area contributed by atoms with Crippen molar-refractivity contribution in [2.24, 2.45) is 0 Å². The van der Waals surface area contributed by atoms with Crippen molar-refractivity contribution in [3.8, 4) is 0 Å². The minimum atomic E-state index is 0.369. The van der Waals surface area contributed by atoms with E-state index in [9.17, 15) is 0 Å². The Morgan fingerprint density at radius 3 is 2.12 bits per heavy atom. The molecule has 88 valence electrons. The second-order valence-electron chi connectivity index (χ2n) is 3.97. The minimum absolute atomic E-state index is 0.369. The van der Waals surface area contributed by atoms with Crippen molar-refractivity contribution in [2.75, 3.05) is 6.26 Å². The van der Waals surface area contributed by atoms with Gasteiger partial charge in [-0.3, -0.25) is 4.72 Å². The fourth-order valence-electron chi connectivity index (χ4n) is 1.90. The third-order valence-corrected chi connectivity index (χ3v) is 3.26. The Hall–Kier alpha value is -1.25. The third-order valence-electron chi connectivity index (χ3n) is 2.74. The molecule has 1 nitrogen and oxygen atoms in total. The van der Waals surface area contributed by atoms with Crippen molar-refractivity contribution in [3.05, 3.63) is 71.8 Å². The van der Waals surface area contributed by atoms with Gasteiger partial charge in [0.05, 0.1) is 0 Å². The number of benzene rings is 2. The molecule has 0 aliphatic rings. The molecular formula is C15H17NS. The lowest BCUT2D eigenvalue weighted by molar-refractivity contribution is 0.673. The fourth-order valence-corrected chi connectivity index (χ4v) is 2.41. The molecule has 0 amide bonds. The van der Waals surface area contributed by atoms with E-state index in [1.54, 1.807) is 11.9 Å². The topological polar surface area (TPSA) is 12.0 Å². The predicted octanol–water partition coefficient (Wildman–Crippen LogP) is 3.84. The first-order chi connectivity index (χ1) is 8.40. The van der Waals surface area contributed by atoms with Crippen LogP contribution in [0.3, 0.4) is 0 Å². The summed E-state index contributed by atoms with van der Waals surface area (Å²) in [4.78, 5) is 0. The first kappa shape index (κ1) is 12.2. The normalized spacial score (nSPS) is 12.3. The first-order valence-corrected chi connectivity index (χ1v) is 7.00. The second kappa shape index (κ2) is 6.48. The Labute approximate surface area is 107 Å². The highest BCUT2D eigenvalue weighted by atomic mass is 32.2. The Kier molecular flexibility index (Phi) is 4.65. The van der Waals surface area contributed by atoms with Crippen molar-refractivity contribution in [1.82, 2.24) is 4.72 Å². The lowest BCUT2D eigenvalue weighted by atomic mass is 10.00. The quantitative estimate of drug-likeness (QED) is 0.801. The molecule has 0 saturated carbocycles. The van der Waals surface area contributed by atoms with Crippen LogP contribution in [-0.2, 0) is 6.42 Å². The Morgan fingerprint density at radius 2 is 1.53 bits per heavy atom. The lowest BCUT2D eigenvalue weighted by Crippen LogP contribution is -2.16.